The second-order valence-corrected chi connectivity index (χ2v) is 5.12. The number of hydrogen-bond donors (Lipinski definition) is 0. The van der Waals surface area contributed by atoms with E-state index in [9.17, 15) is 0 Å². The van der Waals surface area contributed by atoms with E-state index in [1.807, 2.05) is 12.3 Å². The summed E-state index contributed by atoms with van der Waals surface area (Å²) in [5.41, 5.74) is 1.25. The second-order valence-electron chi connectivity index (χ2n) is 4.34. The molecule has 15 heavy (non-hydrogen) atoms. The molecule has 0 amide bonds. The summed E-state index contributed by atoms with van der Waals surface area (Å²) >= 11 is 3.33. The molecule has 2 rings (SSSR count). The third kappa shape index (κ3) is 2.83. The number of hydrogen-bond acceptors (Lipinski definition) is 3. The Hall–Kier alpha value is -0.320. The van der Waals surface area contributed by atoms with Gasteiger partial charge in [-0.15, -0.1) is 0 Å². The fourth-order valence-corrected chi connectivity index (χ4v) is 2.46. The zero-order valence-electron chi connectivity index (χ0n) is 9.24. The van der Waals surface area contributed by atoms with Crippen LogP contribution in [0.2, 0.25) is 0 Å². The van der Waals surface area contributed by atoms with Gasteiger partial charge in [-0.2, -0.15) is 0 Å². The van der Waals surface area contributed by atoms with Gasteiger partial charge in [0.2, 0.25) is 0 Å². The second kappa shape index (κ2) is 4.68. The van der Waals surface area contributed by atoms with E-state index in [1.165, 1.54) is 5.56 Å². The molecule has 1 aliphatic rings. The summed E-state index contributed by atoms with van der Waals surface area (Å²) in [7, 11) is 2.18. The van der Waals surface area contributed by atoms with Crippen molar-refractivity contribution in [2.45, 2.75) is 19.5 Å². The number of likely N-dealkylation sites (N-methyl/N-ethyl adjacent to an activating group) is 1. The molecule has 0 bridgehead atoms. The maximum absolute atomic E-state index is 5.24. The van der Waals surface area contributed by atoms with Crippen LogP contribution in [-0.2, 0) is 6.54 Å². The van der Waals surface area contributed by atoms with Crippen LogP contribution in [0.4, 0.5) is 0 Å². The largest absolute Gasteiger partial charge is 0.457 e. The van der Waals surface area contributed by atoms with E-state index in [4.69, 9.17) is 4.42 Å². The van der Waals surface area contributed by atoms with Crippen molar-refractivity contribution in [2.24, 2.45) is 0 Å². The Labute approximate surface area is 99.2 Å². The predicted octanol–water partition coefficient (Wildman–Crippen LogP) is 2.18. The average molecular weight is 273 g/mol. The normalized spacial score (nSPS) is 24.6. The lowest BCUT2D eigenvalue weighted by Gasteiger charge is -2.37. The molecule has 0 aromatic carbocycles. The summed E-state index contributed by atoms with van der Waals surface area (Å²) in [4.78, 5) is 4.88. The van der Waals surface area contributed by atoms with E-state index in [2.05, 4.69) is 39.7 Å². The molecule has 84 valence electrons. The zero-order chi connectivity index (χ0) is 10.8. The molecule has 0 N–H and O–H groups in total. The van der Waals surface area contributed by atoms with E-state index < -0.39 is 0 Å². The minimum absolute atomic E-state index is 0.623. The maximum atomic E-state index is 5.24. The molecule has 3 nitrogen and oxygen atoms in total. The first-order chi connectivity index (χ1) is 7.15. The molecule has 1 fully saturated rings. The van der Waals surface area contributed by atoms with E-state index in [-0.39, 0.29) is 0 Å². The van der Waals surface area contributed by atoms with Crippen molar-refractivity contribution in [2.75, 3.05) is 26.7 Å². The summed E-state index contributed by atoms with van der Waals surface area (Å²) in [6.45, 7) is 6.72. The number of nitrogens with zero attached hydrogens (tertiary/aromatic N) is 2. The van der Waals surface area contributed by atoms with Crippen LogP contribution in [0.25, 0.3) is 0 Å². The van der Waals surface area contributed by atoms with Crippen LogP contribution in [-0.4, -0.2) is 42.5 Å². The molecule has 1 aliphatic heterocycles. The summed E-state index contributed by atoms with van der Waals surface area (Å²) in [5, 5.41) is 0. The Morgan fingerprint density at radius 3 is 2.93 bits per heavy atom. The van der Waals surface area contributed by atoms with Gasteiger partial charge in [0.25, 0.3) is 0 Å². The minimum atomic E-state index is 0.623. The molecule has 0 aliphatic carbocycles. The molecule has 1 atom stereocenters. The van der Waals surface area contributed by atoms with Gasteiger partial charge < -0.3 is 9.32 Å². The highest BCUT2D eigenvalue weighted by Gasteiger charge is 2.21. The van der Waals surface area contributed by atoms with Crippen molar-refractivity contribution in [1.29, 1.82) is 0 Å². The summed E-state index contributed by atoms with van der Waals surface area (Å²) < 4.78 is 6.06. The van der Waals surface area contributed by atoms with Gasteiger partial charge in [0.1, 0.15) is 0 Å². The summed E-state index contributed by atoms with van der Waals surface area (Å²) in [5.74, 6) is 0. The van der Waals surface area contributed by atoms with Crippen molar-refractivity contribution >= 4 is 15.9 Å². The third-order valence-corrected chi connectivity index (χ3v) is 3.39. The van der Waals surface area contributed by atoms with Crippen molar-refractivity contribution in [3.63, 3.8) is 0 Å². The molecular weight excluding hydrogens is 256 g/mol. The van der Waals surface area contributed by atoms with Crippen molar-refractivity contribution in [3.05, 3.63) is 22.6 Å². The molecule has 1 aromatic heterocycles. The first kappa shape index (κ1) is 11.2. The predicted molar refractivity (Wildman–Crippen MR) is 63.8 cm³/mol. The first-order valence-electron chi connectivity index (χ1n) is 5.30. The molecule has 2 heterocycles. The Kier molecular flexibility index (Phi) is 3.49. The molecule has 0 radical (unpaired) electrons. The van der Waals surface area contributed by atoms with Crippen LogP contribution in [0, 0.1) is 0 Å². The lowest BCUT2D eigenvalue weighted by atomic mass is 10.2. The Morgan fingerprint density at radius 2 is 2.33 bits per heavy atom. The first-order valence-corrected chi connectivity index (χ1v) is 6.10. The number of rotatable bonds is 2. The summed E-state index contributed by atoms with van der Waals surface area (Å²) in [6.07, 6.45) is 1.83. The molecule has 4 heteroatoms. The smallest absolute Gasteiger partial charge is 0.169 e. The average Bonchev–Trinajstić information content (AvgIpc) is 2.56. The maximum Gasteiger partial charge on any atom is 0.169 e. The minimum Gasteiger partial charge on any atom is -0.457 e. The molecule has 1 unspecified atom stereocenters. The highest BCUT2D eigenvalue weighted by atomic mass is 79.9. The van der Waals surface area contributed by atoms with Crippen molar-refractivity contribution in [1.82, 2.24) is 9.80 Å². The van der Waals surface area contributed by atoms with Crippen LogP contribution < -0.4 is 0 Å². The SMILES string of the molecule is CC1CN(C)CCN1Cc1coc(Br)c1. The Balaban J connectivity index is 1.94. The number of furan rings is 1. The van der Waals surface area contributed by atoms with Crippen LogP contribution in [0.15, 0.2) is 21.4 Å². The van der Waals surface area contributed by atoms with Gasteiger partial charge in [-0.25, -0.2) is 0 Å². The van der Waals surface area contributed by atoms with Gasteiger partial charge in [0.05, 0.1) is 6.26 Å². The molecule has 1 aromatic rings. The zero-order valence-corrected chi connectivity index (χ0v) is 10.8. The Morgan fingerprint density at radius 1 is 1.53 bits per heavy atom. The highest BCUT2D eigenvalue weighted by molar-refractivity contribution is 9.10. The van der Waals surface area contributed by atoms with Crippen LogP contribution in [0.5, 0.6) is 0 Å². The number of piperazine rings is 1. The van der Waals surface area contributed by atoms with Gasteiger partial charge in [-0.05, 0) is 36.0 Å². The lowest BCUT2D eigenvalue weighted by Crippen LogP contribution is -2.49. The van der Waals surface area contributed by atoms with Gasteiger partial charge in [0.15, 0.2) is 4.67 Å². The van der Waals surface area contributed by atoms with Crippen LogP contribution in [0.3, 0.4) is 0 Å². The quantitative estimate of drug-likeness (QED) is 0.823. The number of halogens is 1. The van der Waals surface area contributed by atoms with Crippen LogP contribution >= 0.6 is 15.9 Å². The van der Waals surface area contributed by atoms with E-state index in [1.54, 1.807) is 0 Å². The van der Waals surface area contributed by atoms with E-state index >= 15 is 0 Å². The molecule has 0 saturated carbocycles. The molecule has 1 saturated heterocycles. The van der Waals surface area contributed by atoms with Crippen molar-refractivity contribution in [3.8, 4) is 0 Å². The monoisotopic (exact) mass is 272 g/mol. The van der Waals surface area contributed by atoms with Crippen LogP contribution in [0.1, 0.15) is 12.5 Å². The summed E-state index contributed by atoms with van der Waals surface area (Å²) in [6, 6.07) is 2.67. The third-order valence-electron chi connectivity index (χ3n) is 2.98. The van der Waals surface area contributed by atoms with Gasteiger partial charge in [-0.1, -0.05) is 0 Å². The van der Waals surface area contributed by atoms with Crippen molar-refractivity contribution < 1.29 is 4.42 Å². The van der Waals surface area contributed by atoms with Gasteiger partial charge in [-0.3, -0.25) is 4.90 Å². The Bertz CT molecular complexity index is 326. The fraction of sp³-hybridized carbons (Fsp3) is 0.636. The molecular formula is C11H17BrN2O. The topological polar surface area (TPSA) is 19.6 Å². The highest BCUT2D eigenvalue weighted by Crippen LogP contribution is 2.18. The van der Waals surface area contributed by atoms with E-state index in [0.717, 1.165) is 30.8 Å². The molecule has 0 spiro atoms. The standard InChI is InChI=1S/C11H17BrN2O/c1-9-6-13(2)3-4-14(9)7-10-5-11(12)15-8-10/h5,8-9H,3-4,6-7H2,1-2H3. The fourth-order valence-electron chi connectivity index (χ4n) is 2.08. The van der Waals surface area contributed by atoms with Gasteiger partial charge in [0, 0.05) is 37.8 Å². The van der Waals surface area contributed by atoms with E-state index in [0.29, 0.717) is 6.04 Å². The van der Waals surface area contributed by atoms with Gasteiger partial charge >= 0.3 is 0 Å². The lowest BCUT2D eigenvalue weighted by molar-refractivity contribution is 0.0937.